The van der Waals surface area contributed by atoms with Crippen LogP contribution < -0.4 is 5.32 Å². The van der Waals surface area contributed by atoms with Crippen LogP contribution in [0.1, 0.15) is 12.0 Å². The number of carboxylic acids is 1. The lowest BCUT2D eigenvalue weighted by atomic mass is 9.81. The van der Waals surface area contributed by atoms with E-state index in [2.05, 4.69) is 22.3 Å². The smallest absolute Gasteiger partial charge is 0.313 e. The standard InChI is InChI=1S/C16H20N2O3/c19-14-13-9-18(11-16(13,10-17-14)15(20)21)8-4-7-12-5-2-1-3-6-12/h1-3,5-6,13H,4,7-11H2,(H,17,19)(H,20,21)/t13-,16+/m0/s1. The number of likely N-dealkylation sites (tertiary alicyclic amines) is 1. The number of aryl methyl sites for hydroxylation is 1. The summed E-state index contributed by atoms with van der Waals surface area (Å²) < 4.78 is 0. The maximum Gasteiger partial charge on any atom is 0.313 e. The minimum absolute atomic E-state index is 0.108. The average molecular weight is 288 g/mol. The van der Waals surface area contributed by atoms with E-state index in [9.17, 15) is 14.7 Å². The molecular weight excluding hydrogens is 268 g/mol. The predicted octanol–water partition coefficient (Wildman–Crippen LogP) is 0.752. The second kappa shape index (κ2) is 5.48. The molecule has 0 spiro atoms. The van der Waals surface area contributed by atoms with E-state index in [1.54, 1.807) is 0 Å². The fourth-order valence-corrected chi connectivity index (χ4v) is 3.50. The maximum atomic E-state index is 11.8. The first-order valence-electron chi connectivity index (χ1n) is 7.39. The molecule has 0 unspecified atom stereocenters. The van der Waals surface area contributed by atoms with Gasteiger partial charge in [0.05, 0.1) is 5.92 Å². The zero-order chi connectivity index (χ0) is 14.9. The molecule has 2 saturated heterocycles. The molecule has 0 saturated carbocycles. The van der Waals surface area contributed by atoms with Crippen molar-refractivity contribution >= 4 is 11.9 Å². The van der Waals surface area contributed by atoms with Crippen molar-refractivity contribution in [3.8, 4) is 0 Å². The van der Waals surface area contributed by atoms with Crippen molar-refractivity contribution in [1.29, 1.82) is 0 Å². The number of nitrogens with zero attached hydrogens (tertiary/aromatic N) is 1. The summed E-state index contributed by atoms with van der Waals surface area (Å²) in [6.07, 6.45) is 1.96. The van der Waals surface area contributed by atoms with E-state index in [0.29, 0.717) is 13.1 Å². The molecular formula is C16H20N2O3. The highest BCUT2D eigenvalue weighted by molar-refractivity contribution is 5.92. The second-order valence-electron chi connectivity index (χ2n) is 6.06. The number of benzene rings is 1. The van der Waals surface area contributed by atoms with Crippen LogP contribution in [0.3, 0.4) is 0 Å². The number of hydrogen-bond acceptors (Lipinski definition) is 3. The van der Waals surface area contributed by atoms with Crippen molar-refractivity contribution in [3.63, 3.8) is 0 Å². The molecule has 112 valence electrons. The van der Waals surface area contributed by atoms with Gasteiger partial charge in [-0.2, -0.15) is 0 Å². The number of carboxylic acid groups (broad SMARTS) is 1. The topological polar surface area (TPSA) is 69.6 Å². The molecule has 0 aromatic heterocycles. The van der Waals surface area contributed by atoms with Crippen molar-refractivity contribution in [3.05, 3.63) is 35.9 Å². The fraction of sp³-hybridized carbons (Fsp3) is 0.500. The predicted molar refractivity (Wildman–Crippen MR) is 77.8 cm³/mol. The summed E-state index contributed by atoms with van der Waals surface area (Å²) in [4.78, 5) is 25.5. The summed E-state index contributed by atoms with van der Waals surface area (Å²) >= 11 is 0. The minimum Gasteiger partial charge on any atom is -0.481 e. The number of nitrogens with one attached hydrogen (secondary N) is 1. The second-order valence-corrected chi connectivity index (χ2v) is 6.06. The Labute approximate surface area is 123 Å². The van der Waals surface area contributed by atoms with Crippen LogP contribution in [0.25, 0.3) is 0 Å². The van der Waals surface area contributed by atoms with E-state index in [4.69, 9.17) is 0 Å². The molecule has 2 fully saturated rings. The normalized spacial score (nSPS) is 28.4. The van der Waals surface area contributed by atoms with E-state index < -0.39 is 17.3 Å². The largest absolute Gasteiger partial charge is 0.481 e. The van der Waals surface area contributed by atoms with Gasteiger partial charge in [0.25, 0.3) is 0 Å². The first-order valence-corrected chi connectivity index (χ1v) is 7.39. The van der Waals surface area contributed by atoms with Gasteiger partial charge >= 0.3 is 5.97 Å². The Morgan fingerprint density at radius 2 is 2.14 bits per heavy atom. The molecule has 0 radical (unpaired) electrons. The summed E-state index contributed by atoms with van der Waals surface area (Å²) in [5, 5.41) is 12.2. The van der Waals surface area contributed by atoms with Crippen LogP contribution in [-0.2, 0) is 16.0 Å². The number of hydrogen-bond donors (Lipinski definition) is 2. The Bertz CT molecular complexity index is 546. The highest BCUT2D eigenvalue weighted by atomic mass is 16.4. The maximum absolute atomic E-state index is 11.8. The van der Waals surface area contributed by atoms with Crippen molar-refractivity contribution in [2.75, 3.05) is 26.2 Å². The van der Waals surface area contributed by atoms with Crippen molar-refractivity contribution in [1.82, 2.24) is 10.2 Å². The number of fused-ring (bicyclic) bond motifs is 1. The van der Waals surface area contributed by atoms with E-state index in [1.807, 2.05) is 18.2 Å². The Morgan fingerprint density at radius 1 is 1.38 bits per heavy atom. The molecule has 2 heterocycles. The van der Waals surface area contributed by atoms with Gasteiger partial charge < -0.3 is 15.3 Å². The van der Waals surface area contributed by atoms with Crippen LogP contribution >= 0.6 is 0 Å². The Balaban J connectivity index is 1.57. The molecule has 0 bridgehead atoms. The first-order chi connectivity index (χ1) is 10.1. The number of amides is 1. The zero-order valence-corrected chi connectivity index (χ0v) is 11.9. The van der Waals surface area contributed by atoms with Crippen LogP contribution in [0.4, 0.5) is 0 Å². The Hall–Kier alpha value is -1.88. The molecule has 5 heteroatoms. The lowest BCUT2D eigenvalue weighted by Crippen LogP contribution is -2.40. The van der Waals surface area contributed by atoms with Crippen LogP contribution in [-0.4, -0.2) is 48.1 Å². The van der Waals surface area contributed by atoms with Gasteiger partial charge in [0.15, 0.2) is 0 Å². The van der Waals surface area contributed by atoms with Gasteiger partial charge in [-0.15, -0.1) is 0 Å². The van der Waals surface area contributed by atoms with Crippen molar-refractivity contribution in [2.45, 2.75) is 12.8 Å². The quantitative estimate of drug-likeness (QED) is 0.839. The van der Waals surface area contributed by atoms with E-state index >= 15 is 0 Å². The molecule has 2 atom stereocenters. The highest BCUT2D eigenvalue weighted by Crippen LogP contribution is 2.39. The lowest BCUT2D eigenvalue weighted by Gasteiger charge is -2.21. The summed E-state index contributed by atoms with van der Waals surface area (Å²) in [6, 6.07) is 10.3. The SMILES string of the molecule is O=C1NC[C@@]2(C(=O)O)CN(CCCc3ccccc3)C[C@@H]12. The third kappa shape index (κ3) is 2.53. The molecule has 21 heavy (non-hydrogen) atoms. The molecule has 2 aliphatic heterocycles. The number of carbonyl (C=O) groups is 2. The number of rotatable bonds is 5. The third-order valence-corrected chi connectivity index (χ3v) is 4.72. The zero-order valence-electron chi connectivity index (χ0n) is 11.9. The molecule has 1 aromatic rings. The fourth-order valence-electron chi connectivity index (χ4n) is 3.50. The molecule has 0 aliphatic carbocycles. The van der Waals surface area contributed by atoms with Gasteiger partial charge in [-0.05, 0) is 24.9 Å². The van der Waals surface area contributed by atoms with E-state index in [1.165, 1.54) is 5.56 Å². The van der Waals surface area contributed by atoms with E-state index in [0.717, 1.165) is 19.4 Å². The van der Waals surface area contributed by atoms with E-state index in [-0.39, 0.29) is 12.5 Å². The van der Waals surface area contributed by atoms with Crippen LogP contribution in [0.2, 0.25) is 0 Å². The summed E-state index contributed by atoms with van der Waals surface area (Å²) in [5.41, 5.74) is 0.381. The number of aliphatic carboxylic acids is 1. The van der Waals surface area contributed by atoms with Gasteiger partial charge in [0, 0.05) is 19.6 Å². The Morgan fingerprint density at radius 3 is 2.81 bits per heavy atom. The molecule has 2 aliphatic rings. The summed E-state index contributed by atoms with van der Waals surface area (Å²) in [5.74, 6) is -1.36. The monoisotopic (exact) mass is 288 g/mol. The van der Waals surface area contributed by atoms with Crippen molar-refractivity contribution in [2.24, 2.45) is 11.3 Å². The highest BCUT2D eigenvalue weighted by Gasteiger charge is 2.59. The summed E-state index contributed by atoms with van der Waals surface area (Å²) in [7, 11) is 0. The molecule has 5 nitrogen and oxygen atoms in total. The van der Waals surface area contributed by atoms with Crippen LogP contribution in [0, 0.1) is 11.3 Å². The molecule has 3 rings (SSSR count). The van der Waals surface area contributed by atoms with Gasteiger partial charge in [0.2, 0.25) is 5.91 Å². The Kier molecular flexibility index (Phi) is 3.68. The van der Waals surface area contributed by atoms with Crippen LogP contribution in [0.5, 0.6) is 0 Å². The molecule has 1 amide bonds. The third-order valence-electron chi connectivity index (χ3n) is 4.72. The molecule has 2 N–H and O–H groups in total. The van der Waals surface area contributed by atoms with Crippen molar-refractivity contribution < 1.29 is 14.7 Å². The average Bonchev–Trinajstić information content (AvgIpc) is 2.99. The van der Waals surface area contributed by atoms with Gasteiger partial charge in [0.1, 0.15) is 5.41 Å². The molecule has 1 aromatic carbocycles. The van der Waals surface area contributed by atoms with Gasteiger partial charge in [-0.3, -0.25) is 9.59 Å². The van der Waals surface area contributed by atoms with Gasteiger partial charge in [-0.25, -0.2) is 0 Å². The first kappa shape index (κ1) is 14.1. The van der Waals surface area contributed by atoms with Gasteiger partial charge in [-0.1, -0.05) is 30.3 Å². The number of carbonyl (C=O) groups excluding carboxylic acids is 1. The summed E-state index contributed by atoms with van der Waals surface area (Å²) in [6.45, 7) is 2.14. The lowest BCUT2D eigenvalue weighted by molar-refractivity contribution is -0.149. The van der Waals surface area contributed by atoms with Crippen LogP contribution in [0.15, 0.2) is 30.3 Å². The minimum atomic E-state index is -0.913.